The van der Waals surface area contributed by atoms with Gasteiger partial charge in [-0.15, -0.1) is 0 Å². The van der Waals surface area contributed by atoms with Crippen molar-refractivity contribution in [3.63, 3.8) is 0 Å². The standard InChI is InChI=1S/C28H39N3O2.C2H6/c1-4-24-11-9-12-25(23-24)28(32)29(3)20-21-31(5-2)26-13-15-27(16-14-26)33-22-10-19-30-17-7-6-8-18-30;1-2/h4,9,11-16,23H,1,5-8,10,17-22H2,2-3H3;1-2H3. The van der Waals surface area contributed by atoms with Gasteiger partial charge in [-0.3, -0.25) is 4.79 Å². The van der Waals surface area contributed by atoms with Crippen LogP contribution in [-0.2, 0) is 0 Å². The minimum Gasteiger partial charge on any atom is -0.494 e. The van der Waals surface area contributed by atoms with Crippen molar-refractivity contribution in [3.8, 4) is 5.75 Å². The second-order valence-electron chi connectivity index (χ2n) is 8.73. The first-order chi connectivity index (χ1) is 17.1. The number of hydrogen-bond acceptors (Lipinski definition) is 4. The number of anilines is 1. The van der Waals surface area contributed by atoms with Crippen LogP contribution in [0.25, 0.3) is 6.08 Å². The van der Waals surface area contributed by atoms with Crippen molar-refractivity contribution in [1.82, 2.24) is 9.80 Å². The minimum atomic E-state index is 0.0306. The first kappa shape index (κ1) is 28.4. The lowest BCUT2D eigenvalue weighted by Gasteiger charge is -2.27. The number of nitrogens with zero attached hydrogens (tertiary/aromatic N) is 3. The maximum Gasteiger partial charge on any atom is 0.253 e. The van der Waals surface area contributed by atoms with Crippen LogP contribution >= 0.6 is 0 Å². The molecule has 0 radical (unpaired) electrons. The zero-order valence-corrected chi connectivity index (χ0v) is 22.3. The maximum atomic E-state index is 12.8. The number of piperidine rings is 1. The maximum absolute atomic E-state index is 12.8. The summed E-state index contributed by atoms with van der Waals surface area (Å²) < 4.78 is 5.96. The lowest BCUT2D eigenvalue weighted by molar-refractivity contribution is 0.0798. The molecule has 192 valence electrons. The molecule has 1 aliphatic rings. The summed E-state index contributed by atoms with van der Waals surface area (Å²) in [6.07, 6.45) is 6.88. The zero-order valence-electron chi connectivity index (χ0n) is 22.3. The molecule has 1 amide bonds. The molecule has 0 N–H and O–H groups in total. The van der Waals surface area contributed by atoms with Gasteiger partial charge in [-0.2, -0.15) is 0 Å². The van der Waals surface area contributed by atoms with Crippen molar-refractivity contribution in [2.75, 3.05) is 57.8 Å². The fourth-order valence-electron chi connectivity index (χ4n) is 4.28. The van der Waals surface area contributed by atoms with Crippen molar-refractivity contribution in [1.29, 1.82) is 0 Å². The SMILES string of the molecule is C=Cc1cccc(C(=O)N(C)CCN(CC)c2ccc(OCCCN3CCCCC3)cc2)c1.CC. The molecule has 1 aliphatic heterocycles. The molecule has 2 aromatic rings. The smallest absolute Gasteiger partial charge is 0.253 e. The second-order valence-corrected chi connectivity index (χ2v) is 8.73. The van der Waals surface area contributed by atoms with Crippen LogP contribution in [0.5, 0.6) is 5.75 Å². The molecule has 1 fully saturated rings. The summed E-state index contributed by atoms with van der Waals surface area (Å²) in [7, 11) is 1.86. The monoisotopic (exact) mass is 479 g/mol. The van der Waals surface area contributed by atoms with E-state index >= 15 is 0 Å². The highest BCUT2D eigenvalue weighted by atomic mass is 16.5. The van der Waals surface area contributed by atoms with Gasteiger partial charge in [-0.1, -0.05) is 45.1 Å². The highest BCUT2D eigenvalue weighted by Crippen LogP contribution is 2.20. The number of carbonyl (C=O) groups is 1. The van der Waals surface area contributed by atoms with Gasteiger partial charge in [0.25, 0.3) is 5.91 Å². The van der Waals surface area contributed by atoms with Crippen LogP contribution in [0.3, 0.4) is 0 Å². The molecule has 0 unspecified atom stereocenters. The summed E-state index contributed by atoms with van der Waals surface area (Å²) in [5.41, 5.74) is 2.80. The van der Waals surface area contributed by atoms with E-state index in [1.54, 1.807) is 11.0 Å². The number of rotatable bonds is 12. The first-order valence-electron chi connectivity index (χ1n) is 13.3. The fourth-order valence-corrected chi connectivity index (χ4v) is 4.28. The van der Waals surface area contributed by atoms with Crippen LogP contribution in [0.1, 0.15) is 62.4 Å². The Morgan fingerprint density at radius 2 is 1.77 bits per heavy atom. The van der Waals surface area contributed by atoms with Crippen LogP contribution < -0.4 is 9.64 Å². The van der Waals surface area contributed by atoms with Gasteiger partial charge in [0, 0.05) is 44.5 Å². The van der Waals surface area contributed by atoms with E-state index in [-0.39, 0.29) is 5.91 Å². The number of likely N-dealkylation sites (tertiary alicyclic amines) is 1. The molecule has 0 aromatic heterocycles. The Balaban J connectivity index is 0.00000210. The lowest BCUT2D eigenvalue weighted by atomic mass is 10.1. The Morgan fingerprint density at radius 1 is 1.06 bits per heavy atom. The molecule has 35 heavy (non-hydrogen) atoms. The van der Waals surface area contributed by atoms with Crippen LogP contribution in [0, 0.1) is 0 Å². The van der Waals surface area contributed by atoms with Gasteiger partial charge in [-0.05, 0) is 81.2 Å². The predicted octanol–water partition coefficient (Wildman–Crippen LogP) is 6.21. The van der Waals surface area contributed by atoms with Crippen molar-refractivity contribution >= 4 is 17.7 Å². The highest BCUT2D eigenvalue weighted by Gasteiger charge is 2.14. The average molecular weight is 480 g/mol. The molecular formula is C30H45N3O2. The molecule has 2 aromatic carbocycles. The van der Waals surface area contributed by atoms with Crippen molar-refractivity contribution in [3.05, 3.63) is 66.2 Å². The molecule has 3 rings (SSSR count). The van der Waals surface area contributed by atoms with E-state index in [0.717, 1.165) is 49.7 Å². The molecule has 5 heteroatoms. The highest BCUT2D eigenvalue weighted by molar-refractivity contribution is 5.94. The molecule has 0 atom stereocenters. The Kier molecular flexibility index (Phi) is 13.0. The van der Waals surface area contributed by atoms with Gasteiger partial charge >= 0.3 is 0 Å². The van der Waals surface area contributed by atoms with Gasteiger partial charge in [0.15, 0.2) is 0 Å². The number of amides is 1. The summed E-state index contributed by atoms with van der Waals surface area (Å²) in [5.74, 6) is 0.950. The Hall–Kier alpha value is -2.79. The third-order valence-corrected chi connectivity index (χ3v) is 6.34. The Labute approximate surface area is 213 Å². The van der Waals surface area contributed by atoms with E-state index in [1.165, 1.54) is 32.4 Å². The predicted molar refractivity (Wildman–Crippen MR) is 150 cm³/mol. The third kappa shape index (κ3) is 9.41. The van der Waals surface area contributed by atoms with Crippen LogP contribution in [0.4, 0.5) is 5.69 Å². The van der Waals surface area contributed by atoms with E-state index in [0.29, 0.717) is 12.1 Å². The van der Waals surface area contributed by atoms with Gasteiger partial charge in [0.05, 0.1) is 6.61 Å². The second kappa shape index (κ2) is 16.0. The van der Waals surface area contributed by atoms with Gasteiger partial charge in [0.2, 0.25) is 0 Å². The van der Waals surface area contributed by atoms with Crippen LogP contribution in [0.2, 0.25) is 0 Å². The molecule has 5 nitrogen and oxygen atoms in total. The van der Waals surface area contributed by atoms with Crippen molar-refractivity contribution in [2.24, 2.45) is 0 Å². The van der Waals surface area contributed by atoms with E-state index in [2.05, 4.69) is 47.6 Å². The van der Waals surface area contributed by atoms with Crippen molar-refractivity contribution in [2.45, 2.75) is 46.5 Å². The van der Waals surface area contributed by atoms with E-state index in [1.807, 2.05) is 45.2 Å². The van der Waals surface area contributed by atoms with Gasteiger partial charge in [0.1, 0.15) is 5.75 Å². The van der Waals surface area contributed by atoms with Crippen LogP contribution in [-0.4, -0.2) is 68.6 Å². The summed E-state index contributed by atoms with van der Waals surface area (Å²) in [4.78, 5) is 19.4. The third-order valence-electron chi connectivity index (χ3n) is 6.34. The van der Waals surface area contributed by atoms with E-state index in [9.17, 15) is 4.79 Å². The summed E-state index contributed by atoms with van der Waals surface area (Å²) in [6, 6.07) is 15.9. The summed E-state index contributed by atoms with van der Waals surface area (Å²) in [5, 5.41) is 0. The average Bonchev–Trinajstić information content (AvgIpc) is 2.93. The molecule has 0 saturated carbocycles. The molecule has 0 aliphatic carbocycles. The largest absolute Gasteiger partial charge is 0.494 e. The quantitative estimate of drug-likeness (QED) is 0.339. The number of ether oxygens (including phenoxy) is 1. The van der Waals surface area contributed by atoms with E-state index < -0.39 is 0 Å². The summed E-state index contributed by atoms with van der Waals surface area (Å²) >= 11 is 0. The molecular weight excluding hydrogens is 434 g/mol. The number of hydrogen-bond donors (Lipinski definition) is 0. The molecule has 0 bridgehead atoms. The molecule has 1 heterocycles. The van der Waals surface area contributed by atoms with Crippen LogP contribution in [0.15, 0.2) is 55.1 Å². The van der Waals surface area contributed by atoms with E-state index in [4.69, 9.17) is 4.74 Å². The number of likely N-dealkylation sites (N-methyl/N-ethyl adjacent to an activating group) is 2. The van der Waals surface area contributed by atoms with Gasteiger partial charge < -0.3 is 19.4 Å². The number of carbonyl (C=O) groups excluding carboxylic acids is 1. The lowest BCUT2D eigenvalue weighted by Crippen LogP contribution is -2.36. The van der Waals surface area contributed by atoms with Crippen molar-refractivity contribution < 1.29 is 9.53 Å². The molecule has 1 saturated heterocycles. The topological polar surface area (TPSA) is 36.0 Å². The zero-order chi connectivity index (χ0) is 25.5. The summed E-state index contributed by atoms with van der Waals surface area (Å²) in [6.45, 7) is 16.6. The first-order valence-corrected chi connectivity index (χ1v) is 13.3. The fraction of sp³-hybridized carbons (Fsp3) is 0.500. The normalized spacial score (nSPS) is 13.4. The number of benzene rings is 2. The minimum absolute atomic E-state index is 0.0306. The Morgan fingerprint density at radius 3 is 2.43 bits per heavy atom. The van der Waals surface area contributed by atoms with Gasteiger partial charge in [-0.25, -0.2) is 0 Å². The Bertz CT molecular complexity index is 875. The molecule has 0 spiro atoms.